The smallest absolute Gasteiger partial charge is 0.322 e. The molecule has 0 saturated carbocycles. The van der Waals surface area contributed by atoms with E-state index in [-0.39, 0.29) is 18.0 Å². The second-order valence-electron chi connectivity index (χ2n) is 8.21. The highest BCUT2D eigenvalue weighted by atomic mass is 35.5. The molecular formula is C24H30ClN3O4. The van der Waals surface area contributed by atoms with E-state index in [0.29, 0.717) is 60.7 Å². The first-order valence-corrected chi connectivity index (χ1v) is 11.1. The van der Waals surface area contributed by atoms with Crippen LogP contribution in [0.4, 0.5) is 10.5 Å². The third kappa shape index (κ3) is 6.61. The van der Waals surface area contributed by atoms with Gasteiger partial charge < -0.3 is 24.6 Å². The number of benzene rings is 2. The molecule has 3 amide bonds. The van der Waals surface area contributed by atoms with Crippen LogP contribution in [0.25, 0.3) is 0 Å². The van der Waals surface area contributed by atoms with Crippen molar-refractivity contribution >= 4 is 29.2 Å². The van der Waals surface area contributed by atoms with Crippen LogP contribution in [0.1, 0.15) is 24.2 Å². The molecule has 1 saturated heterocycles. The molecule has 0 aromatic heterocycles. The molecule has 32 heavy (non-hydrogen) atoms. The average Bonchev–Trinajstić information content (AvgIpc) is 2.78. The molecule has 1 atom stereocenters. The lowest BCUT2D eigenvalue weighted by Gasteiger charge is -2.36. The number of anilines is 1. The fourth-order valence-corrected chi connectivity index (χ4v) is 3.82. The Morgan fingerprint density at radius 1 is 1.25 bits per heavy atom. The molecule has 2 aromatic rings. The van der Waals surface area contributed by atoms with E-state index in [9.17, 15) is 9.59 Å². The summed E-state index contributed by atoms with van der Waals surface area (Å²) in [7, 11) is 1.59. The van der Waals surface area contributed by atoms with Gasteiger partial charge in [0.25, 0.3) is 5.91 Å². The Morgan fingerprint density at radius 2 is 2.00 bits per heavy atom. The highest BCUT2D eigenvalue weighted by Gasteiger charge is 2.28. The van der Waals surface area contributed by atoms with Crippen LogP contribution in [-0.4, -0.2) is 67.7 Å². The van der Waals surface area contributed by atoms with E-state index in [1.165, 1.54) is 0 Å². The summed E-state index contributed by atoms with van der Waals surface area (Å²) in [6.07, 6.45) is -0.269. The largest absolute Gasteiger partial charge is 0.497 e. The number of methoxy groups -OCH3 is 1. The number of morpholine rings is 1. The number of urea groups is 1. The molecule has 0 radical (unpaired) electrons. The zero-order valence-corrected chi connectivity index (χ0v) is 19.5. The first kappa shape index (κ1) is 23.9. The molecule has 172 valence electrons. The van der Waals surface area contributed by atoms with Crippen LogP contribution >= 0.6 is 11.6 Å². The highest BCUT2D eigenvalue weighted by molar-refractivity contribution is 6.30. The van der Waals surface area contributed by atoms with Crippen LogP contribution in [0.3, 0.4) is 0 Å². The third-order valence-electron chi connectivity index (χ3n) is 5.14. The number of hydrogen-bond acceptors (Lipinski definition) is 4. The Labute approximate surface area is 194 Å². The van der Waals surface area contributed by atoms with Gasteiger partial charge in [0.2, 0.25) is 0 Å². The minimum absolute atomic E-state index is 0.0644. The maximum absolute atomic E-state index is 13.2. The Balaban J connectivity index is 1.64. The molecule has 2 aromatic carbocycles. The van der Waals surface area contributed by atoms with E-state index in [0.717, 1.165) is 0 Å². The van der Waals surface area contributed by atoms with Crippen molar-refractivity contribution in [3.8, 4) is 5.75 Å². The summed E-state index contributed by atoms with van der Waals surface area (Å²) in [4.78, 5) is 29.4. The van der Waals surface area contributed by atoms with Crippen molar-refractivity contribution in [2.45, 2.75) is 20.0 Å². The molecule has 0 aliphatic carbocycles. The molecule has 7 nitrogen and oxygen atoms in total. The van der Waals surface area contributed by atoms with Gasteiger partial charge in [-0.05, 0) is 48.4 Å². The Morgan fingerprint density at radius 3 is 2.66 bits per heavy atom. The molecule has 0 unspecified atom stereocenters. The minimum Gasteiger partial charge on any atom is -0.497 e. The molecule has 1 fully saturated rings. The van der Waals surface area contributed by atoms with E-state index < -0.39 is 0 Å². The van der Waals surface area contributed by atoms with Gasteiger partial charge in [-0.15, -0.1) is 0 Å². The first-order valence-electron chi connectivity index (χ1n) is 10.7. The molecular weight excluding hydrogens is 430 g/mol. The van der Waals surface area contributed by atoms with Gasteiger partial charge in [0.1, 0.15) is 5.75 Å². The number of ether oxygens (including phenoxy) is 2. The summed E-state index contributed by atoms with van der Waals surface area (Å²) >= 11 is 6.00. The lowest BCUT2D eigenvalue weighted by Crippen LogP contribution is -2.52. The van der Waals surface area contributed by atoms with Gasteiger partial charge in [-0.1, -0.05) is 31.5 Å². The molecule has 1 heterocycles. The standard InChI is InChI=1S/C24H30ClN3O4/c1-17(2)14-28(23(29)18-7-9-21(31-3)10-8-18)16-22-15-27(11-12-32-22)24(30)26-20-6-4-5-19(25)13-20/h4-10,13,17,22H,11-12,14-16H2,1-3H3,(H,26,30)/t22-/m0/s1. The third-order valence-corrected chi connectivity index (χ3v) is 5.37. The van der Waals surface area contributed by atoms with Crippen LogP contribution in [-0.2, 0) is 4.74 Å². The van der Waals surface area contributed by atoms with Crippen molar-refractivity contribution in [2.75, 3.05) is 45.2 Å². The average molecular weight is 460 g/mol. The number of carbonyl (C=O) groups is 2. The normalized spacial score (nSPS) is 16.0. The number of halogens is 1. The number of rotatable bonds is 7. The van der Waals surface area contributed by atoms with Gasteiger partial charge in [-0.2, -0.15) is 0 Å². The molecule has 8 heteroatoms. The van der Waals surface area contributed by atoms with Crippen LogP contribution in [0.2, 0.25) is 5.02 Å². The van der Waals surface area contributed by atoms with Gasteiger partial charge in [0.05, 0.1) is 26.4 Å². The van der Waals surface area contributed by atoms with E-state index in [1.807, 2.05) is 0 Å². The van der Waals surface area contributed by atoms with Gasteiger partial charge in [0, 0.05) is 35.9 Å². The number of nitrogens with one attached hydrogen (secondary N) is 1. The monoisotopic (exact) mass is 459 g/mol. The zero-order valence-electron chi connectivity index (χ0n) is 18.7. The predicted octanol–water partition coefficient (Wildman–Crippen LogP) is 4.38. The highest BCUT2D eigenvalue weighted by Crippen LogP contribution is 2.18. The Bertz CT molecular complexity index is 920. The van der Waals surface area contributed by atoms with Crippen molar-refractivity contribution in [3.63, 3.8) is 0 Å². The second-order valence-corrected chi connectivity index (χ2v) is 8.65. The fraction of sp³-hybridized carbons (Fsp3) is 0.417. The van der Waals surface area contributed by atoms with Crippen LogP contribution in [0.5, 0.6) is 5.75 Å². The number of carbonyl (C=O) groups excluding carboxylic acids is 2. The van der Waals surface area contributed by atoms with Gasteiger partial charge >= 0.3 is 6.03 Å². The second kappa shape index (κ2) is 11.2. The maximum atomic E-state index is 13.2. The van der Waals surface area contributed by atoms with E-state index >= 15 is 0 Å². The molecule has 3 rings (SSSR count). The van der Waals surface area contributed by atoms with Crippen molar-refractivity contribution in [3.05, 3.63) is 59.1 Å². The molecule has 1 N–H and O–H groups in total. The number of hydrogen-bond donors (Lipinski definition) is 1. The maximum Gasteiger partial charge on any atom is 0.322 e. The molecule has 0 spiro atoms. The molecule has 1 aliphatic rings. The van der Waals surface area contributed by atoms with Crippen molar-refractivity contribution in [1.29, 1.82) is 0 Å². The van der Waals surface area contributed by atoms with E-state index in [2.05, 4.69) is 19.2 Å². The van der Waals surface area contributed by atoms with Crippen LogP contribution in [0, 0.1) is 5.92 Å². The topological polar surface area (TPSA) is 71.1 Å². The molecule has 0 bridgehead atoms. The summed E-state index contributed by atoms with van der Waals surface area (Å²) in [5.41, 5.74) is 1.24. The SMILES string of the molecule is COc1ccc(C(=O)N(CC(C)C)C[C@@H]2CN(C(=O)Nc3cccc(Cl)c3)CCO2)cc1. The summed E-state index contributed by atoms with van der Waals surface area (Å²) < 4.78 is 11.1. The van der Waals surface area contributed by atoms with Crippen LogP contribution < -0.4 is 10.1 Å². The number of amides is 3. The van der Waals surface area contributed by atoms with Gasteiger partial charge in [-0.25, -0.2) is 4.79 Å². The molecule has 1 aliphatic heterocycles. The van der Waals surface area contributed by atoms with E-state index in [4.69, 9.17) is 21.1 Å². The summed E-state index contributed by atoms with van der Waals surface area (Å²) in [6.45, 7) is 6.45. The Kier molecular flexibility index (Phi) is 8.36. The minimum atomic E-state index is -0.269. The Hall–Kier alpha value is -2.77. The fourth-order valence-electron chi connectivity index (χ4n) is 3.63. The van der Waals surface area contributed by atoms with Gasteiger partial charge in [-0.3, -0.25) is 4.79 Å². The zero-order chi connectivity index (χ0) is 23.1. The quantitative estimate of drug-likeness (QED) is 0.667. The van der Waals surface area contributed by atoms with Crippen LogP contribution in [0.15, 0.2) is 48.5 Å². The summed E-state index contributed by atoms with van der Waals surface area (Å²) in [6, 6.07) is 13.9. The first-order chi connectivity index (χ1) is 15.4. The van der Waals surface area contributed by atoms with Crippen molar-refractivity contribution in [2.24, 2.45) is 5.92 Å². The summed E-state index contributed by atoms with van der Waals surface area (Å²) in [5, 5.41) is 3.43. The lowest BCUT2D eigenvalue weighted by atomic mass is 10.1. The van der Waals surface area contributed by atoms with Crippen molar-refractivity contribution in [1.82, 2.24) is 9.80 Å². The van der Waals surface area contributed by atoms with Gasteiger partial charge in [0.15, 0.2) is 0 Å². The number of nitrogens with zero attached hydrogens (tertiary/aromatic N) is 2. The van der Waals surface area contributed by atoms with E-state index in [1.54, 1.807) is 65.4 Å². The lowest BCUT2D eigenvalue weighted by molar-refractivity contribution is -0.0272. The predicted molar refractivity (Wildman–Crippen MR) is 126 cm³/mol. The summed E-state index contributed by atoms with van der Waals surface area (Å²) in [5.74, 6) is 0.933. The van der Waals surface area contributed by atoms with Crippen molar-refractivity contribution < 1.29 is 19.1 Å².